The van der Waals surface area contributed by atoms with Gasteiger partial charge in [-0.1, -0.05) is 36.7 Å². The van der Waals surface area contributed by atoms with Gasteiger partial charge in [-0.05, 0) is 56.7 Å². The predicted octanol–water partition coefficient (Wildman–Crippen LogP) is 4.28. The van der Waals surface area contributed by atoms with Gasteiger partial charge in [0.05, 0.1) is 16.8 Å². The quantitative estimate of drug-likeness (QED) is 0.718. The summed E-state index contributed by atoms with van der Waals surface area (Å²) in [5.74, 6) is 0.0600. The second-order valence-electron chi connectivity index (χ2n) is 7.42. The molecule has 0 bridgehead atoms. The van der Waals surface area contributed by atoms with Crippen LogP contribution in [-0.2, 0) is 20.9 Å². The van der Waals surface area contributed by atoms with Crippen molar-refractivity contribution in [1.82, 2.24) is 4.57 Å². The van der Waals surface area contributed by atoms with E-state index in [4.69, 9.17) is 4.74 Å². The van der Waals surface area contributed by atoms with Crippen LogP contribution < -0.4 is 4.80 Å². The first-order valence-electron chi connectivity index (χ1n) is 9.81. The maximum absolute atomic E-state index is 12.6. The molecule has 0 atom stereocenters. The fraction of sp³-hybridized carbons (Fsp3) is 0.571. The highest BCUT2D eigenvalue weighted by Gasteiger charge is 2.18. The van der Waals surface area contributed by atoms with Crippen molar-refractivity contribution in [3.63, 3.8) is 0 Å². The summed E-state index contributed by atoms with van der Waals surface area (Å²) in [5.41, 5.74) is 3.19. The number of thiazole rings is 1. The number of rotatable bonds is 5. The number of fused-ring (bicyclic) bond motifs is 1. The number of hydrogen-bond donors (Lipinski definition) is 0. The number of carbonyl (C=O) groups is 2. The highest BCUT2D eigenvalue weighted by Crippen LogP contribution is 2.27. The number of ether oxygens (including phenoxy) is 1. The summed E-state index contributed by atoms with van der Waals surface area (Å²) in [4.78, 5) is 29.7. The van der Waals surface area contributed by atoms with E-state index in [0.29, 0.717) is 23.7 Å². The molecule has 1 aromatic heterocycles. The standard InChI is InChI=1S/C21H28N2O3S/c1-4-26-19(25)13-23-17-11-14(2)10-15(3)20(17)27-21(23)22-18(24)12-16-8-6-5-7-9-16/h10-11,16H,4-9,12-13H2,1-3H3. The van der Waals surface area contributed by atoms with Crippen LogP contribution in [0.2, 0.25) is 0 Å². The lowest BCUT2D eigenvalue weighted by atomic mass is 9.87. The summed E-state index contributed by atoms with van der Waals surface area (Å²) in [7, 11) is 0. The monoisotopic (exact) mass is 388 g/mol. The van der Waals surface area contributed by atoms with Crippen LogP contribution in [0.3, 0.4) is 0 Å². The van der Waals surface area contributed by atoms with Crippen molar-refractivity contribution < 1.29 is 14.3 Å². The number of benzene rings is 1. The molecule has 2 aromatic rings. The molecule has 1 fully saturated rings. The minimum atomic E-state index is -0.308. The molecule has 0 spiro atoms. The Hall–Kier alpha value is -1.95. The third-order valence-corrected chi connectivity index (χ3v) is 6.34. The van der Waals surface area contributed by atoms with Crippen LogP contribution in [0.4, 0.5) is 0 Å². The van der Waals surface area contributed by atoms with Crippen molar-refractivity contribution in [3.05, 3.63) is 28.1 Å². The third kappa shape index (κ3) is 4.86. The maximum atomic E-state index is 12.6. The number of amides is 1. The van der Waals surface area contributed by atoms with Gasteiger partial charge in [0.2, 0.25) is 5.91 Å². The molecule has 27 heavy (non-hydrogen) atoms. The number of nitrogens with zero attached hydrogens (tertiary/aromatic N) is 2. The van der Waals surface area contributed by atoms with E-state index in [1.54, 1.807) is 6.92 Å². The van der Waals surface area contributed by atoms with Gasteiger partial charge in [-0.3, -0.25) is 9.59 Å². The molecule has 1 heterocycles. The number of esters is 1. The molecule has 3 rings (SSSR count). The van der Waals surface area contributed by atoms with Crippen LogP contribution in [0.25, 0.3) is 10.2 Å². The van der Waals surface area contributed by atoms with Gasteiger partial charge < -0.3 is 9.30 Å². The Kier molecular flexibility index (Phi) is 6.47. The minimum Gasteiger partial charge on any atom is -0.465 e. The molecule has 0 aliphatic heterocycles. The van der Waals surface area contributed by atoms with Crippen LogP contribution in [0.1, 0.15) is 56.6 Å². The van der Waals surface area contributed by atoms with Crippen molar-refractivity contribution in [2.75, 3.05) is 6.61 Å². The third-order valence-electron chi connectivity index (χ3n) is 5.12. The number of aromatic nitrogens is 1. The van der Waals surface area contributed by atoms with Gasteiger partial charge in [-0.25, -0.2) is 0 Å². The molecule has 1 aliphatic rings. The van der Waals surface area contributed by atoms with Gasteiger partial charge in [0.1, 0.15) is 6.54 Å². The van der Waals surface area contributed by atoms with Gasteiger partial charge in [-0.15, -0.1) is 0 Å². The smallest absolute Gasteiger partial charge is 0.326 e. The molecule has 1 saturated carbocycles. The summed E-state index contributed by atoms with van der Waals surface area (Å²) in [5, 5.41) is 0. The second kappa shape index (κ2) is 8.83. The summed E-state index contributed by atoms with van der Waals surface area (Å²) in [6.45, 7) is 6.29. The molecular formula is C21H28N2O3S. The Labute approximate surface area is 164 Å². The van der Waals surface area contributed by atoms with E-state index in [2.05, 4.69) is 11.1 Å². The predicted molar refractivity (Wildman–Crippen MR) is 108 cm³/mol. The van der Waals surface area contributed by atoms with E-state index in [-0.39, 0.29) is 18.4 Å². The number of carbonyl (C=O) groups excluding carboxylic acids is 2. The summed E-state index contributed by atoms with van der Waals surface area (Å²) in [6.07, 6.45) is 6.44. The average Bonchev–Trinajstić information content (AvgIpc) is 2.94. The topological polar surface area (TPSA) is 60.7 Å². The van der Waals surface area contributed by atoms with Crippen molar-refractivity contribution >= 4 is 33.4 Å². The van der Waals surface area contributed by atoms with Crippen molar-refractivity contribution in [3.8, 4) is 0 Å². The Bertz CT molecular complexity index is 904. The van der Waals surface area contributed by atoms with Crippen LogP contribution in [-0.4, -0.2) is 23.1 Å². The first-order valence-corrected chi connectivity index (χ1v) is 10.6. The Morgan fingerprint density at radius 2 is 1.96 bits per heavy atom. The molecule has 0 unspecified atom stereocenters. The van der Waals surface area contributed by atoms with E-state index < -0.39 is 0 Å². The molecule has 1 aromatic carbocycles. The van der Waals surface area contributed by atoms with E-state index >= 15 is 0 Å². The molecule has 0 saturated heterocycles. The molecule has 0 N–H and O–H groups in total. The Morgan fingerprint density at radius 3 is 2.67 bits per heavy atom. The van der Waals surface area contributed by atoms with E-state index in [9.17, 15) is 9.59 Å². The first-order chi connectivity index (χ1) is 13.0. The SMILES string of the molecule is CCOC(=O)Cn1c(=NC(=O)CC2CCCCC2)sc2c(C)cc(C)cc21. The lowest BCUT2D eigenvalue weighted by Crippen LogP contribution is -2.23. The van der Waals surface area contributed by atoms with Gasteiger partial charge in [0.15, 0.2) is 4.80 Å². The molecule has 6 heteroatoms. The minimum absolute atomic E-state index is 0.0757. The molecular weight excluding hydrogens is 360 g/mol. The van der Waals surface area contributed by atoms with E-state index in [1.165, 1.54) is 30.6 Å². The fourth-order valence-electron chi connectivity index (χ4n) is 3.88. The van der Waals surface area contributed by atoms with Gasteiger partial charge in [0.25, 0.3) is 0 Å². The van der Waals surface area contributed by atoms with Gasteiger partial charge in [-0.2, -0.15) is 4.99 Å². The molecule has 1 amide bonds. The van der Waals surface area contributed by atoms with Crippen molar-refractivity contribution in [2.45, 2.75) is 65.8 Å². The molecule has 0 radical (unpaired) electrons. The number of aryl methyl sites for hydroxylation is 2. The van der Waals surface area contributed by atoms with Crippen LogP contribution in [0.15, 0.2) is 17.1 Å². The van der Waals surface area contributed by atoms with Crippen molar-refractivity contribution in [2.24, 2.45) is 10.9 Å². The summed E-state index contributed by atoms with van der Waals surface area (Å²) >= 11 is 1.48. The van der Waals surface area contributed by atoms with E-state index in [1.807, 2.05) is 24.5 Å². The lowest BCUT2D eigenvalue weighted by molar-refractivity contribution is -0.143. The normalized spacial score (nSPS) is 16.0. The summed E-state index contributed by atoms with van der Waals surface area (Å²) < 4.78 is 8.02. The second-order valence-corrected chi connectivity index (χ2v) is 8.40. The lowest BCUT2D eigenvalue weighted by Gasteiger charge is -2.19. The highest BCUT2D eigenvalue weighted by atomic mass is 32.1. The molecule has 1 aliphatic carbocycles. The number of hydrogen-bond acceptors (Lipinski definition) is 4. The maximum Gasteiger partial charge on any atom is 0.326 e. The first kappa shape index (κ1) is 19.8. The zero-order valence-electron chi connectivity index (χ0n) is 16.4. The van der Waals surface area contributed by atoms with Crippen LogP contribution in [0, 0.1) is 19.8 Å². The zero-order valence-corrected chi connectivity index (χ0v) is 17.2. The fourth-order valence-corrected chi connectivity index (χ4v) is 4.97. The Morgan fingerprint density at radius 1 is 1.22 bits per heavy atom. The highest BCUT2D eigenvalue weighted by molar-refractivity contribution is 7.16. The van der Waals surface area contributed by atoms with Gasteiger partial charge >= 0.3 is 5.97 Å². The Balaban J connectivity index is 1.98. The summed E-state index contributed by atoms with van der Waals surface area (Å²) in [6, 6.07) is 4.16. The molecule has 146 valence electrons. The van der Waals surface area contributed by atoms with Gasteiger partial charge in [0, 0.05) is 6.42 Å². The van der Waals surface area contributed by atoms with E-state index in [0.717, 1.165) is 34.2 Å². The van der Waals surface area contributed by atoms with Crippen LogP contribution in [0.5, 0.6) is 0 Å². The largest absolute Gasteiger partial charge is 0.465 e. The molecule has 5 nitrogen and oxygen atoms in total. The average molecular weight is 389 g/mol. The van der Waals surface area contributed by atoms with Crippen molar-refractivity contribution in [1.29, 1.82) is 0 Å². The van der Waals surface area contributed by atoms with Crippen LogP contribution >= 0.6 is 11.3 Å². The zero-order chi connectivity index (χ0) is 19.4.